The molecule has 156 valence electrons. The first-order valence-corrected chi connectivity index (χ1v) is 10.2. The van der Waals surface area contributed by atoms with E-state index in [0.29, 0.717) is 24.5 Å². The van der Waals surface area contributed by atoms with E-state index in [2.05, 4.69) is 41.5 Å². The minimum absolute atomic E-state index is 0.165. The second kappa shape index (κ2) is 16.1. The normalized spacial score (nSPS) is 12.2. The highest BCUT2D eigenvalue weighted by Crippen LogP contribution is 2.25. The topological polar surface area (TPSA) is 52.6 Å². The number of unbranched alkanes of at least 4 members (excludes halogenated alkanes) is 3. The van der Waals surface area contributed by atoms with Crippen molar-refractivity contribution in [1.29, 1.82) is 0 Å². The molecule has 26 heavy (non-hydrogen) atoms. The molecule has 0 N–H and O–H groups in total. The molecule has 0 aliphatic heterocycles. The van der Waals surface area contributed by atoms with Gasteiger partial charge in [-0.15, -0.1) is 0 Å². The molecule has 0 aliphatic carbocycles. The molecule has 0 fully saturated rings. The Kier molecular flexibility index (Phi) is 16.9. The standard InChI is InChI=1S/2C11H22O2/c1-9(8-11(3,4)5)6-7-13-10(2)12;1-10(2)8-6-4-5-7-9-13-11(3)12/h9H,6-8H2,1-5H3;10H,4-9H2,1-3H3. The molecule has 0 saturated carbocycles. The quantitative estimate of drug-likeness (QED) is 0.321. The van der Waals surface area contributed by atoms with Crippen molar-refractivity contribution in [3.8, 4) is 0 Å². The maximum Gasteiger partial charge on any atom is 0.302 e. The third-order valence-corrected chi connectivity index (χ3v) is 3.86. The Morgan fingerprint density at radius 2 is 1.27 bits per heavy atom. The van der Waals surface area contributed by atoms with Gasteiger partial charge in [0.25, 0.3) is 0 Å². The third kappa shape index (κ3) is 27.8. The lowest BCUT2D eigenvalue weighted by Crippen LogP contribution is -2.13. The van der Waals surface area contributed by atoms with Crippen LogP contribution in [-0.4, -0.2) is 25.2 Å². The van der Waals surface area contributed by atoms with Gasteiger partial charge in [-0.1, -0.05) is 67.2 Å². The number of hydrogen-bond donors (Lipinski definition) is 0. The van der Waals surface area contributed by atoms with E-state index in [1.807, 2.05) is 0 Å². The molecule has 1 atom stereocenters. The molecule has 0 aromatic heterocycles. The van der Waals surface area contributed by atoms with Crippen LogP contribution in [0, 0.1) is 17.3 Å². The fourth-order valence-corrected chi connectivity index (χ4v) is 2.78. The van der Waals surface area contributed by atoms with Crippen LogP contribution in [0.3, 0.4) is 0 Å². The van der Waals surface area contributed by atoms with Gasteiger partial charge in [-0.25, -0.2) is 0 Å². The minimum Gasteiger partial charge on any atom is -0.466 e. The molecule has 4 heteroatoms. The maximum atomic E-state index is 10.5. The maximum absolute atomic E-state index is 10.5. The van der Waals surface area contributed by atoms with Gasteiger partial charge in [0.1, 0.15) is 0 Å². The highest BCUT2D eigenvalue weighted by Gasteiger charge is 2.15. The molecule has 0 amide bonds. The van der Waals surface area contributed by atoms with E-state index in [-0.39, 0.29) is 11.9 Å². The van der Waals surface area contributed by atoms with Gasteiger partial charge >= 0.3 is 11.9 Å². The summed E-state index contributed by atoms with van der Waals surface area (Å²) in [7, 11) is 0. The van der Waals surface area contributed by atoms with Gasteiger partial charge in [0.2, 0.25) is 0 Å². The van der Waals surface area contributed by atoms with E-state index in [0.717, 1.165) is 18.8 Å². The van der Waals surface area contributed by atoms with Crippen LogP contribution < -0.4 is 0 Å². The van der Waals surface area contributed by atoms with E-state index in [1.165, 1.54) is 46.0 Å². The molecule has 0 aliphatic rings. The first kappa shape index (κ1) is 27.2. The molecule has 0 spiro atoms. The van der Waals surface area contributed by atoms with E-state index in [1.54, 1.807) is 0 Å². The predicted octanol–water partition coefficient (Wildman–Crippen LogP) is 6.17. The van der Waals surface area contributed by atoms with Crippen LogP contribution in [0.2, 0.25) is 0 Å². The van der Waals surface area contributed by atoms with Gasteiger partial charge in [-0.2, -0.15) is 0 Å². The summed E-state index contributed by atoms with van der Waals surface area (Å²) >= 11 is 0. The molecule has 0 aromatic rings. The van der Waals surface area contributed by atoms with Crippen molar-refractivity contribution >= 4 is 11.9 Å². The fourth-order valence-electron chi connectivity index (χ4n) is 2.78. The number of carbonyl (C=O) groups is 2. The lowest BCUT2D eigenvalue weighted by atomic mass is 9.84. The summed E-state index contributed by atoms with van der Waals surface area (Å²) in [4.78, 5) is 20.9. The first-order valence-electron chi connectivity index (χ1n) is 10.2. The molecule has 0 bridgehead atoms. The largest absolute Gasteiger partial charge is 0.466 e. The Bertz CT molecular complexity index is 356. The number of carbonyl (C=O) groups excluding carboxylic acids is 2. The van der Waals surface area contributed by atoms with Crippen molar-refractivity contribution in [2.75, 3.05) is 13.2 Å². The van der Waals surface area contributed by atoms with Gasteiger partial charge < -0.3 is 9.47 Å². The summed E-state index contributed by atoms with van der Waals surface area (Å²) in [5.41, 5.74) is 0.371. The van der Waals surface area contributed by atoms with Crippen molar-refractivity contribution < 1.29 is 19.1 Å². The van der Waals surface area contributed by atoms with Crippen LogP contribution >= 0.6 is 0 Å². The number of hydrogen-bond acceptors (Lipinski definition) is 4. The fraction of sp³-hybridized carbons (Fsp3) is 0.909. The van der Waals surface area contributed by atoms with Crippen LogP contribution in [0.15, 0.2) is 0 Å². The molecule has 0 rings (SSSR count). The number of ether oxygens (including phenoxy) is 2. The zero-order valence-corrected chi connectivity index (χ0v) is 18.7. The molecule has 4 nitrogen and oxygen atoms in total. The summed E-state index contributed by atoms with van der Waals surface area (Å²) in [6.07, 6.45) is 8.22. The SMILES string of the molecule is CC(=O)OCCC(C)CC(C)(C)C.CC(=O)OCCCCCCC(C)C. The van der Waals surface area contributed by atoms with Gasteiger partial charge in [-0.05, 0) is 36.5 Å². The van der Waals surface area contributed by atoms with Crippen LogP contribution in [-0.2, 0) is 19.1 Å². The lowest BCUT2D eigenvalue weighted by molar-refractivity contribution is -0.142. The average Bonchev–Trinajstić information content (AvgIpc) is 2.44. The molecule has 0 saturated heterocycles. The summed E-state index contributed by atoms with van der Waals surface area (Å²) in [6, 6.07) is 0. The van der Waals surface area contributed by atoms with Crippen LogP contribution in [0.4, 0.5) is 0 Å². The van der Waals surface area contributed by atoms with Crippen molar-refractivity contribution in [2.24, 2.45) is 17.3 Å². The second-order valence-electron chi connectivity index (χ2n) is 8.94. The van der Waals surface area contributed by atoms with E-state index < -0.39 is 0 Å². The summed E-state index contributed by atoms with van der Waals surface area (Å²) in [5, 5.41) is 0. The van der Waals surface area contributed by atoms with E-state index in [9.17, 15) is 9.59 Å². The third-order valence-electron chi connectivity index (χ3n) is 3.86. The first-order chi connectivity index (χ1) is 11.9. The molecule has 0 heterocycles. The van der Waals surface area contributed by atoms with Gasteiger partial charge in [0.15, 0.2) is 0 Å². The second-order valence-corrected chi connectivity index (χ2v) is 8.94. The lowest BCUT2D eigenvalue weighted by Gasteiger charge is -2.22. The Hall–Kier alpha value is -1.06. The molecular formula is C22H44O4. The van der Waals surface area contributed by atoms with Crippen molar-refractivity contribution in [3.05, 3.63) is 0 Å². The van der Waals surface area contributed by atoms with E-state index >= 15 is 0 Å². The highest BCUT2D eigenvalue weighted by atomic mass is 16.5. The van der Waals surface area contributed by atoms with Gasteiger partial charge in [0, 0.05) is 13.8 Å². The van der Waals surface area contributed by atoms with Crippen LogP contribution in [0.5, 0.6) is 0 Å². The zero-order valence-electron chi connectivity index (χ0n) is 18.7. The van der Waals surface area contributed by atoms with E-state index in [4.69, 9.17) is 9.47 Å². The number of rotatable bonds is 11. The highest BCUT2D eigenvalue weighted by molar-refractivity contribution is 5.66. The Morgan fingerprint density at radius 3 is 1.73 bits per heavy atom. The summed E-state index contributed by atoms with van der Waals surface area (Å²) in [6.45, 7) is 17.5. The van der Waals surface area contributed by atoms with Crippen LogP contribution in [0.25, 0.3) is 0 Å². The monoisotopic (exact) mass is 372 g/mol. The van der Waals surface area contributed by atoms with Crippen molar-refractivity contribution in [3.63, 3.8) is 0 Å². The molecule has 0 aromatic carbocycles. The predicted molar refractivity (Wildman–Crippen MR) is 109 cm³/mol. The smallest absolute Gasteiger partial charge is 0.302 e. The Morgan fingerprint density at radius 1 is 0.769 bits per heavy atom. The Balaban J connectivity index is 0. The van der Waals surface area contributed by atoms with Crippen molar-refractivity contribution in [1.82, 2.24) is 0 Å². The molecule has 0 radical (unpaired) electrons. The van der Waals surface area contributed by atoms with Gasteiger partial charge in [0.05, 0.1) is 13.2 Å². The van der Waals surface area contributed by atoms with Crippen LogP contribution in [0.1, 0.15) is 100 Å². The average molecular weight is 373 g/mol. The summed E-state index contributed by atoms with van der Waals surface area (Å²) in [5.74, 6) is 1.10. The Labute approximate surface area is 162 Å². The van der Waals surface area contributed by atoms with Crippen molar-refractivity contribution in [2.45, 2.75) is 100 Å². The molecular weight excluding hydrogens is 328 g/mol. The number of esters is 2. The molecule has 1 unspecified atom stereocenters. The van der Waals surface area contributed by atoms with Gasteiger partial charge in [-0.3, -0.25) is 9.59 Å². The summed E-state index contributed by atoms with van der Waals surface area (Å²) < 4.78 is 9.72. The minimum atomic E-state index is -0.178. The zero-order chi connectivity index (χ0) is 20.6.